The number of hydrogen-bond donors (Lipinski definition) is 2. The Morgan fingerprint density at radius 3 is 2.79 bits per heavy atom. The highest BCUT2D eigenvalue weighted by Crippen LogP contribution is 2.32. The van der Waals surface area contributed by atoms with Gasteiger partial charge in [-0.15, -0.1) is 0 Å². The monoisotopic (exact) mass is 482 g/mol. The number of aromatic nitrogens is 1. The highest BCUT2D eigenvalue weighted by atomic mass is 35.5. The summed E-state index contributed by atoms with van der Waals surface area (Å²) in [6, 6.07) is 12.8. The molecule has 0 saturated heterocycles. The van der Waals surface area contributed by atoms with E-state index < -0.39 is 5.83 Å². The largest absolute Gasteiger partial charge is 0.487 e. The number of fused-ring (bicyclic) bond motifs is 1. The molecule has 34 heavy (non-hydrogen) atoms. The SMILES string of the molecule is CCC(=O)NC(C)c1cccc(Cl)c1COc1cccc2c(N/C=C(/F)C=NC)cc(C)nc12. The van der Waals surface area contributed by atoms with Crippen LogP contribution in [0, 0.1) is 6.92 Å². The molecule has 1 unspecified atom stereocenters. The van der Waals surface area contributed by atoms with E-state index in [-0.39, 0.29) is 18.6 Å². The van der Waals surface area contributed by atoms with E-state index in [9.17, 15) is 9.18 Å². The highest BCUT2D eigenvalue weighted by molar-refractivity contribution is 6.31. The van der Waals surface area contributed by atoms with Gasteiger partial charge in [-0.2, -0.15) is 0 Å². The Morgan fingerprint density at radius 2 is 2.06 bits per heavy atom. The smallest absolute Gasteiger partial charge is 0.220 e. The lowest BCUT2D eigenvalue weighted by molar-refractivity contribution is -0.121. The van der Waals surface area contributed by atoms with E-state index in [1.165, 1.54) is 13.2 Å². The van der Waals surface area contributed by atoms with Gasteiger partial charge in [0.1, 0.15) is 17.9 Å². The second-order valence-corrected chi connectivity index (χ2v) is 8.17. The van der Waals surface area contributed by atoms with Crippen LogP contribution in [0.1, 0.15) is 43.1 Å². The fraction of sp³-hybridized carbons (Fsp3) is 0.269. The summed E-state index contributed by atoms with van der Waals surface area (Å²) < 4.78 is 20.0. The summed E-state index contributed by atoms with van der Waals surface area (Å²) in [5.41, 5.74) is 3.77. The number of rotatable bonds is 9. The molecule has 0 fully saturated rings. The lowest BCUT2D eigenvalue weighted by atomic mass is 10.0. The van der Waals surface area contributed by atoms with E-state index in [0.29, 0.717) is 28.4 Å². The molecule has 1 amide bonds. The van der Waals surface area contributed by atoms with E-state index in [4.69, 9.17) is 16.3 Å². The van der Waals surface area contributed by atoms with Crippen LogP contribution in [0.4, 0.5) is 10.1 Å². The van der Waals surface area contributed by atoms with Crippen LogP contribution in [0.15, 0.2) is 59.5 Å². The Morgan fingerprint density at radius 1 is 1.29 bits per heavy atom. The number of anilines is 1. The maximum absolute atomic E-state index is 13.8. The van der Waals surface area contributed by atoms with Crippen molar-refractivity contribution in [1.82, 2.24) is 10.3 Å². The predicted molar refractivity (Wildman–Crippen MR) is 136 cm³/mol. The first-order valence-electron chi connectivity index (χ1n) is 11.0. The third-order valence-corrected chi connectivity index (χ3v) is 5.59. The summed E-state index contributed by atoms with van der Waals surface area (Å²) in [5.74, 6) is 0.0387. The first kappa shape index (κ1) is 25.2. The normalized spacial score (nSPS) is 12.7. The third kappa shape index (κ3) is 6.11. The fourth-order valence-electron chi connectivity index (χ4n) is 3.60. The van der Waals surface area contributed by atoms with Crippen molar-refractivity contribution in [2.45, 2.75) is 39.8 Å². The number of carbonyl (C=O) groups is 1. The second kappa shape index (κ2) is 11.6. The zero-order valence-electron chi connectivity index (χ0n) is 19.7. The number of carbonyl (C=O) groups excluding carboxylic acids is 1. The molecule has 6 nitrogen and oxygen atoms in total. The number of benzene rings is 2. The average Bonchev–Trinajstić information content (AvgIpc) is 2.81. The predicted octanol–water partition coefficient (Wildman–Crippen LogP) is 6.29. The molecular formula is C26H28ClFN4O2. The molecule has 0 aliphatic heterocycles. The molecule has 0 bridgehead atoms. The van der Waals surface area contributed by atoms with Crippen molar-refractivity contribution >= 4 is 40.3 Å². The zero-order chi connectivity index (χ0) is 24.7. The molecule has 8 heteroatoms. The van der Waals surface area contributed by atoms with Crippen molar-refractivity contribution < 1.29 is 13.9 Å². The van der Waals surface area contributed by atoms with Gasteiger partial charge in [0.2, 0.25) is 5.91 Å². The summed E-state index contributed by atoms with van der Waals surface area (Å²) >= 11 is 6.50. The minimum absolute atomic E-state index is 0.0382. The number of amides is 1. The van der Waals surface area contributed by atoms with Gasteiger partial charge >= 0.3 is 0 Å². The Hall–Kier alpha value is -3.45. The number of aliphatic imine (C=N–C) groups is 1. The van der Waals surface area contributed by atoms with Gasteiger partial charge in [0.15, 0.2) is 5.83 Å². The van der Waals surface area contributed by atoms with Crippen molar-refractivity contribution in [3.05, 3.63) is 76.3 Å². The minimum Gasteiger partial charge on any atom is -0.487 e. The number of halogens is 2. The Balaban J connectivity index is 1.92. The van der Waals surface area contributed by atoms with Crippen LogP contribution in [0.5, 0.6) is 5.75 Å². The lowest BCUT2D eigenvalue weighted by Crippen LogP contribution is -2.26. The number of ether oxygens (including phenoxy) is 1. The van der Waals surface area contributed by atoms with Crippen LogP contribution in [0.25, 0.3) is 10.9 Å². The molecule has 0 saturated carbocycles. The zero-order valence-corrected chi connectivity index (χ0v) is 20.4. The summed E-state index contributed by atoms with van der Waals surface area (Å²) in [7, 11) is 1.51. The first-order chi connectivity index (χ1) is 16.3. The molecule has 0 aliphatic carbocycles. The van der Waals surface area contributed by atoms with Crippen LogP contribution >= 0.6 is 11.6 Å². The third-order valence-electron chi connectivity index (χ3n) is 5.24. The molecular weight excluding hydrogens is 455 g/mol. The molecule has 3 aromatic rings. The molecule has 3 rings (SSSR count). The molecule has 0 spiro atoms. The van der Waals surface area contributed by atoms with E-state index >= 15 is 0 Å². The highest BCUT2D eigenvalue weighted by Gasteiger charge is 2.16. The lowest BCUT2D eigenvalue weighted by Gasteiger charge is -2.20. The van der Waals surface area contributed by atoms with E-state index in [1.807, 2.05) is 57.2 Å². The molecule has 1 atom stereocenters. The molecule has 2 aromatic carbocycles. The number of pyridine rings is 1. The van der Waals surface area contributed by atoms with Gasteiger partial charge in [-0.25, -0.2) is 9.37 Å². The van der Waals surface area contributed by atoms with E-state index in [1.54, 1.807) is 6.07 Å². The van der Waals surface area contributed by atoms with Crippen LogP contribution in [0.3, 0.4) is 0 Å². The number of para-hydroxylation sites is 1. The summed E-state index contributed by atoms with van der Waals surface area (Å²) in [4.78, 5) is 20.2. The standard InChI is InChI=1S/C26H28ClFN4O2/c1-5-25(33)32-17(3)19-8-6-10-22(27)21(19)15-34-24-11-7-9-20-23(12-16(2)31-26(20)24)30-14-18(28)13-29-4/h6-14,17H,5,15H2,1-4H3,(H,30,31)(H,32,33)/b18-14+,29-13?. The molecule has 0 aliphatic rings. The Kier molecular flexibility index (Phi) is 8.60. The fourth-order valence-corrected chi connectivity index (χ4v) is 3.83. The quantitative estimate of drug-likeness (QED) is 0.351. The van der Waals surface area contributed by atoms with Gasteiger partial charge in [0.05, 0.1) is 12.3 Å². The maximum Gasteiger partial charge on any atom is 0.220 e. The van der Waals surface area contributed by atoms with Crippen LogP contribution in [-0.4, -0.2) is 24.2 Å². The summed E-state index contributed by atoms with van der Waals surface area (Å²) in [5, 5.41) is 7.29. The van der Waals surface area contributed by atoms with Gasteiger partial charge in [-0.05, 0) is 37.6 Å². The van der Waals surface area contributed by atoms with Gasteiger partial charge in [-0.3, -0.25) is 9.79 Å². The number of nitrogens with one attached hydrogen (secondary N) is 2. The topological polar surface area (TPSA) is 75.6 Å². The molecule has 1 heterocycles. The van der Waals surface area contributed by atoms with Crippen molar-refractivity contribution in [2.24, 2.45) is 4.99 Å². The number of nitrogens with zero attached hydrogens (tertiary/aromatic N) is 2. The van der Waals surface area contributed by atoms with E-state index in [0.717, 1.165) is 28.4 Å². The van der Waals surface area contributed by atoms with Gasteiger partial charge in [0, 0.05) is 47.0 Å². The van der Waals surface area contributed by atoms with Gasteiger partial charge in [0.25, 0.3) is 0 Å². The van der Waals surface area contributed by atoms with Gasteiger partial charge in [-0.1, -0.05) is 42.8 Å². The van der Waals surface area contributed by atoms with Gasteiger partial charge < -0.3 is 15.4 Å². The van der Waals surface area contributed by atoms with Crippen molar-refractivity contribution in [1.29, 1.82) is 0 Å². The second-order valence-electron chi connectivity index (χ2n) is 7.76. The number of aryl methyl sites for hydroxylation is 1. The summed E-state index contributed by atoms with van der Waals surface area (Å²) in [6.07, 6.45) is 2.78. The van der Waals surface area contributed by atoms with Crippen LogP contribution < -0.4 is 15.4 Å². The molecule has 178 valence electrons. The van der Waals surface area contributed by atoms with Crippen LogP contribution in [0.2, 0.25) is 5.02 Å². The molecule has 2 N–H and O–H groups in total. The van der Waals surface area contributed by atoms with Crippen molar-refractivity contribution in [3.63, 3.8) is 0 Å². The van der Waals surface area contributed by atoms with Crippen LogP contribution in [-0.2, 0) is 11.4 Å². The summed E-state index contributed by atoms with van der Waals surface area (Å²) in [6.45, 7) is 5.78. The minimum atomic E-state index is -0.493. The first-order valence-corrected chi connectivity index (χ1v) is 11.4. The molecule has 0 radical (unpaired) electrons. The molecule has 1 aromatic heterocycles. The number of hydrogen-bond acceptors (Lipinski definition) is 5. The van der Waals surface area contributed by atoms with Crippen molar-refractivity contribution in [2.75, 3.05) is 12.4 Å². The average molecular weight is 483 g/mol. The van der Waals surface area contributed by atoms with Crippen molar-refractivity contribution in [3.8, 4) is 5.75 Å². The number of allylic oxidation sites excluding steroid dienone is 1. The maximum atomic E-state index is 13.8. The van der Waals surface area contributed by atoms with E-state index in [2.05, 4.69) is 20.6 Å². The Labute approximate surface area is 203 Å². The Bertz CT molecular complexity index is 1240.